The first-order valence-corrected chi connectivity index (χ1v) is 7.16. The van der Waals surface area contributed by atoms with Crippen LogP contribution >= 0.6 is 11.8 Å². The average Bonchev–Trinajstić information content (AvgIpc) is 2.68. The third-order valence-electron chi connectivity index (χ3n) is 2.52. The molecule has 2 aromatic rings. The van der Waals surface area contributed by atoms with Crippen LogP contribution in [0.2, 0.25) is 0 Å². The second kappa shape index (κ2) is 5.25. The number of hydrogen-bond donors (Lipinski definition) is 2. The zero-order chi connectivity index (χ0) is 14.0. The van der Waals surface area contributed by atoms with Crippen molar-refractivity contribution in [3.8, 4) is 0 Å². The molecular weight excluding hydrogens is 258 g/mol. The number of amides is 1. The Hall–Kier alpha value is -1.49. The molecule has 1 aromatic carbocycles. The molecular formula is C14H19N3OS. The van der Waals surface area contributed by atoms with Crippen LogP contribution < -0.4 is 5.32 Å². The number of para-hydroxylation sites is 2. The van der Waals surface area contributed by atoms with Crippen LogP contribution in [0.1, 0.15) is 27.7 Å². The second-order valence-corrected chi connectivity index (χ2v) is 6.89. The van der Waals surface area contributed by atoms with Gasteiger partial charge in [-0.3, -0.25) is 4.79 Å². The number of imidazole rings is 1. The number of thioether (sulfide) groups is 1. The maximum Gasteiger partial charge on any atom is 0.233 e. The molecule has 1 aromatic heterocycles. The Labute approximate surface area is 117 Å². The molecule has 19 heavy (non-hydrogen) atoms. The van der Waals surface area contributed by atoms with Crippen molar-refractivity contribution in [1.82, 2.24) is 15.3 Å². The van der Waals surface area contributed by atoms with Crippen molar-refractivity contribution in [2.24, 2.45) is 0 Å². The van der Waals surface area contributed by atoms with Gasteiger partial charge in [0.05, 0.1) is 16.3 Å². The Morgan fingerprint density at radius 2 is 2.05 bits per heavy atom. The van der Waals surface area contributed by atoms with E-state index in [1.807, 2.05) is 52.0 Å². The molecule has 0 radical (unpaired) electrons. The zero-order valence-corrected chi connectivity index (χ0v) is 12.5. The number of carbonyl (C=O) groups excluding carboxylic acids is 1. The summed E-state index contributed by atoms with van der Waals surface area (Å²) in [5.74, 6) is 0.0259. The molecule has 0 bridgehead atoms. The minimum Gasteiger partial charge on any atom is -0.351 e. The Morgan fingerprint density at radius 1 is 1.37 bits per heavy atom. The monoisotopic (exact) mass is 277 g/mol. The summed E-state index contributed by atoms with van der Waals surface area (Å²) in [6.45, 7) is 7.81. The fraction of sp³-hybridized carbons (Fsp3) is 0.429. The van der Waals surface area contributed by atoms with Crippen LogP contribution in [-0.2, 0) is 4.79 Å². The Balaban J connectivity index is 2.06. The van der Waals surface area contributed by atoms with Gasteiger partial charge < -0.3 is 10.3 Å². The summed E-state index contributed by atoms with van der Waals surface area (Å²) in [5.41, 5.74) is 1.71. The van der Waals surface area contributed by atoms with Crippen molar-refractivity contribution in [3.05, 3.63) is 24.3 Å². The van der Waals surface area contributed by atoms with Gasteiger partial charge in [-0.05, 0) is 39.8 Å². The first kappa shape index (κ1) is 13.9. The van der Waals surface area contributed by atoms with Crippen molar-refractivity contribution >= 4 is 28.7 Å². The molecule has 1 heterocycles. The maximum absolute atomic E-state index is 12.0. The summed E-state index contributed by atoms with van der Waals surface area (Å²) in [7, 11) is 0. The highest BCUT2D eigenvalue weighted by Crippen LogP contribution is 2.23. The molecule has 0 spiro atoms. The van der Waals surface area contributed by atoms with Crippen LogP contribution in [-0.4, -0.2) is 26.7 Å². The van der Waals surface area contributed by atoms with Gasteiger partial charge in [-0.2, -0.15) is 0 Å². The van der Waals surface area contributed by atoms with E-state index in [-0.39, 0.29) is 16.7 Å². The second-order valence-electron chi connectivity index (χ2n) is 5.56. The van der Waals surface area contributed by atoms with Crippen LogP contribution in [0, 0.1) is 0 Å². The summed E-state index contributed by atoms with van der Waals surface area (Å²) in [6.07, 6.45) is 0. The molecule has 1 unspecified atom stereocenters. The highest BCUT2D eigenvalue weighted by molar-refractivity contribution is 8.00. The number of hydrogen-bond acceptors (Lipinski definition) is 3. The number of nitrogens with zero attached hydrogens (tertiary/aromatic N) is 1. The fourth-order valence-corrected chi connectivity index (χ4v) is 2.50. The van der Waals surface area contributed by atoms with Gasteiger partial charge in [-0.1, -0.05) is 23.9 Å². The molecule has 2 N–H and O–H groups in total. The maximum atomic E-state index is 12.0. The number of aromatic nitrogens is 2. The van der Waals surface area contributed by atoms with Gasteiger partial charge in [0.2, 0.25) is 5.91 Å². The van der Waals surface area contributed by atoms with Gasteiger partial charge >= 0.3 is 0 Å². The van der Waals surface area contributed by atoms with Crippen molar-refractivity contribution in [2.45, 2.75) is 43.6 Å². The third kappa shape index (κ3) is 3.73. The van der Waals surface area contributed by atoms with Crippen molar-refractivity contribution in [3.63, 3.8) is 0 Å². The molecule has 2 rings (SSSR count). The SMILES string of the molecule is CC(Sc1nc2ccccc2[nH]1)C(=O)NC(C)(C)C. The lowest BCUT2D eigenvalue weighted by molar-refractivity contribution is -0.121. The molecule has 1 atom stereocenters. The Bertz CT molecular complexity index is 553. The standard InChI is InChI=1S/C14H19N3OS/c1-9(12(18)17-14(2,3)4)19-13-15-10-7-5-6-8-11(10)16-13/h5-9H,1-4H3,(H,15,16)(H,17,18). The quantitative estimate of drug-likeness (QED) is 0.848. The first-order valence-electron chi connectivity index (χ1n) is 6.28. The molecule has 0 saturated carbocycles. The van der Waals surface area contributed by atoms with Crippen LogP contribution in [0.5, 0.6) is 0 Å². The van der Waals surface area contributed by atoms with E-state index in [0.717, 1.165) is 16.2 Å². The van der Waals surface area contributed by atoms with Gasteiger partial charge in [0.1, 0.15) is 0 Å². The minimum absolute atomic E-state index is 0.0259. The smallest absolute Gasteiger partial charge is 0.233 e. The van der Waals surface area contributed by atoms with Gasteiger partial charge in [-0.15, -0.1) is 0 Å². The molecule has 0 fully saturated rings. The van der Waals surface area contributed by atoms with Crippen molar-refractivity contribution < 1.29 is 4.79 Å². The summed E-state index contributed by atoms with van der Waals surface area (Å²) in [5, 5.41) is 3.57. The Kier molecular flexibility index (Phi) is 3.85. The molecule has 0 aliphatic carbocycles. The number of nitrogens with one attached hydrogen (secondary N) is 2. The van der Waals surface area contributed by atoms with Crippen LogP contribution in [0.15, 0.2) is 29.4 Å². The van der Waals surface area contributed by atoms with E-state index in [1.165, 1.54) is 11.8 Å². The Morgan fingerprint density at radius 3 is 2.68 bits per heavy atom. The van der Waals surface area contributed by atoms with Crippen molar-refractivity contribution in [2.75, 3.05) is 0 Å². The summed E-state index contributed by atoms with van der Waals surface area (Å²) in [6, 6.07) is 7.85. The zero-order valence-electron chi connectivity index (χ0n) is 11.7. The summed E-state index contributed by atoms with van der Waals surface area (Å²) in [4.78, 5) is 19.7. The number of carbonyl (C=O) groups is 1. The number of benzene rings is 1. The number of fused-ring (bicyclic) bond motifs is 1. The van der Waals surface area contributed by atoms with Gasteiger partial charge in [0.25, 0.3) is 0 Å². The van der Waals surface area contributed by atoms with E-state index in [2.05, 4.69) is 15.3 Å². The lowest BCUT2D eigenvalue weighted by Crippen LogP contribution is -2.44. The van der Waals surface area contributed by atoms with E-state index < -0.39 is 0 Å². The predicted molar refractivity (Wildman–Crippen MR) is 79.3 cm³/mol. The number of aromatic amines is 1. The largest absolute Gasteiger partial charge is 0.351 e. The predicted octanol–water partition coefficient (Wildman–Crippen LogP) is 2.96. The van der Waals surface area contributed by atoms with Crippen molar-refractivity contribution in [1.29, 1.82) is 0 Å². The highest BCUT2D eigenvalue weighted by Gasteiger charge is 2.21. The van der Waals surface area contributed by atoms with E-state index in [1.54, 1.807) is 0 Å². The normalized spacial score (nSPS) is 13.5. The van der Waals surface area contributed by atoms with Gasteiger partial charge in [-0.25, -0.2) is 4.98 Å². The topological polar surface area (TPSA) is 57.8 Å². The van der Waals surface area contributed by atoms with E-state index in [0.29, 0.717) is 0 Å². The molecule has 0 aliphatic heterocycles. The lowest BCUT2D eigenvalue weighted by Gasteiger charge is -2.22. The molecule has 1 amide bonds. The molecule has 102 valence electrons. The average molecular weight is 277 g/mol. The van der Waals surface area contributed by atoms with Crippen LogP contribution in [0.3, 0.4) is 0 Å². The third-order valence-corrected chi connectivity index (χ3v) is 3.51. The van der Waals surface area contributed by atoms with Crippen LogP contribution in [0.4, 0.5) is 0 Å². The minimum atomic E-state index is -0.209. The lowest BCUT2D eigenvalue weighted by atomic mass is 10.1. The van der Waals surface area contributed by atoms with Gasteiger partial charge in [0.15, 0.2) is 5.16 Å². The van der Waals surface area contributed by atoms with E-state index in [9.17, 15) is 4.79 Å². The number of rotatable bonds is 3. The fourth-order valence-electron chi connectivity index (χ4n) is 1.68. The molecule has 0 saturated heterocycles. The van der Waals surface area contributed by atoms with Gasteiger partial charge in [0, 0.05) is 5.54 Å². The molecule has 5 heteroatoms. The summed E-state index contributed by atoms with van der Waals surface area (Å²) < 4.78 is 0. The van der Waals surface area contributed by atoms with Crippen LogP contribution in [0.25, 0.3) is 11.0 Å². The molecule has 4 nitrogen and oxygen atoms in total. The summed E-state index contributed by atoms with van der Waals surface area (Å²) >= 11 is 1.44. The van der Waals surface area contributed by atoms with E-state index in [4.69, 9.17) is 0 Å². The van der Waals surface area contributed by atoms with E-state index >= 15 is 0 Å². The highest BCUT2D eigenvalue weighted by atomic mass is 32.2. The number of H-pyrrole nitrogens is 1. The first-order chi connectivity index (χ1) is 8.85. The molecule has 0 aliphatic rings.